The SMILES string of the molecule is COc1cccc2c1OCCCN(C(=O)NC(C(=O)N(C)C)C(C)C)C2. The van der Waals surface area contributed by atoms with Gasteiger partial charge in [-0.25, -0.2) is 4.79 Å². The van der Waals surface area contributed by atoms with Crippen LogP contribution >= 0.6 is 0 Å². The first-order chi connectivity index (χ1) is 12.3. The third-order valence-electron chi connectivity index (χ3n) is 4.40. The lowest BCUT2D eigenvalue weighted by Crippen LogP contribution is -2.53. The second kappa shape index (κ2) is 8.78. The van der Waals surface area contributed by atoms with E-state index in [2.05, 4.69) is 5.32 Å². The van der Waals surface area contributed by atoms with Crippen molar-refractivity contribution in [3.63, 3.8) is 0 Å². The number of hydrogen-bond acceptors (Lipinski definition) is 4. The number of hydrogen-bond donors (Lipinski definition) is 1. The van der Waals surface area contributed by atoms with Gasteiger partial charge >= 0.3 is 6.03 Å². The van der Waals surface area contributed by atoms with Crippen molar-refractivity contribution in [1.82, 2.24) is 15.1 Å². The van der Waals surface area contributed by atoms with E-state index in [-0.39, 0.29) is 17.9 Å². The predicted octanol–water partition coefficient (Wildman–Crippen LogP) is 2.10. The van der Waals surface area contributed by atoms with Gasteiger partial charge in [0.15, 0.2) is 11.5 Å². The van der Waals surface area contributed by atoms with Crippen LogP contribution in [0.2, 0.25) is 0 Å². The molecular weight excluding hydrogens is 334 g/mol. The Bertz CT molecular complexity index is 646. The largest absolute Gasteiger partial charge is 0.493 e. The summed E-state index contributed by atoms with van der Waals surface area (Å²) in [4.78, 5) is 28.4. The molecule has 1 N–H and O–H groups in total. The highest BCUT2D eigenvalue weighted by atomic mass is 16.5. The third kappa shape index (κ3) is 4.59. The van der Waals surface area contributed by atoms with Gasteiger partial charge in [-0.15, -0.1) is 0 Å². The van der Waals surface area contributed by atoms with Crippen LogP contribution in [0.4, 0.5) is 4.79 Å². The van der Waals surface area contributed by atoms with Gasteiger partial charge in [0.1, 0.15) is 6.04 Å². The van der Waals surface area contributed by atoms with Crippen molar-refractivity contribution in [3.8, 4) is 11.5 Å². The lowest BCUT2D eigenvalue weighted by molar-refractivity contribution is -0.131. The highest BCUT2D eigenvalue weighted by Crippen LogP contribution is 2.33. The Morgan fingerprint density at radius 2 is 2.04 bits per heavy atom. The summed E-state index contributed by atoms with van der Waals surface area (Å²) in [5, 5.41) is 2.90. The zero-order valence-corrected chi connectivity index (χ0v) is 16.2. The maximum absolute atomic E-state index is 12.8. The quantitative estimate of drug-likeness (QED) is 0.889. The predicted molar refractivity (Wildman–Crippen MR) is 99.4 cm³/mol. The second-order valence-corrected chi connectivity index (χ2v) is 6.98. The van der Waals surface area contributed by atoms with Crippen LogP contribution in [0.3, 0.4) is 0 Å². The maximum Gasteiger partial charge on any atom is 0.318 e. The number of carbonyl (C=O) groups is 2. The molecule has 0 aliphatic carbocycles. The molecular formula is C19H29N3O4. The highest BCUT2D eigenvalue weighted by Gasteiger charge is 2.28. The van der Waals surface area contributed by atoms with Gasteiger partial charge in [-0.05, 0) is 18.4 Å². The first-order valence-electron chi connectivity index (χ1n) is 8.90. The summed E-state index contributed by atoms with van der Waals surface area (Å²) in [6, 6.07) is 4.85. The number of benzene rings is 1. The van der Waals surface area contributed by atoms with Crippen LogP contribution in [0.25, 0.3) is 0 Å². The highest BCUT2D eigenvalue weighted by molar-refractivity contribution is 5.87. The summed E-state index contributed by atoms with van der Waals surface area (Å²) in [5.74, 6) is 1.23. The van der Waals surface area contributed by atoms with Gasteiger partial charge in [-0.1, -0.05) is 26.0 Å². The third-order valence-corrected chi connectivity index (χ3v) is 4.40. The molecule has 0 aromatic heterocycles. The molecule has 0 spiro atoms. The number of methoxy groups -OCH3 is 1. The van der Waals surface area contributed by atoms with Crippen molar-refractivity contribution >= 4 is 11.9 Å². The average Bonchev–Trinajstić information content (AvgIpc) is 2.58. The van der Waals surface area contributed by atoms with Crippen LogP contribution in [0.5, 0.6) is 11.5 Å². The van der Waals surface area contributed by atoms with E-state index in [1.54, 1.807) is 26.1 Å². The second-order valence-electron chi connectivity index (χ2n) is 6.98. The summed E-state index contributed by atoms with van der Waals surface area (Å²) < 4.78 is 11.2. The molecule has 0 saturated heterocycles. The van der Waals surface area contributed by atoms with Gasteiger partial charge in [0.2, 0.25) is 5.91 Å². The lowest BCUT2D eigenvalue weighted by atomic mass is 10.0. The number of urea groups is 1. The number of carbonyl (C=O) groups excluding carboxylic acids is 2. The van der Waals surface area contributed by atoms with Crippen LogP contribution in [-0.2, 0) is 11.3 Å². The number of rotatable bonds is 4. The Balaban J connectivity index is 2.18. The van der Waals surface area contributed by atoms with Gasteiger partial charge in [-0.3, -0.25) is 4.79 Å². The molecule has 0 radical (unpaired) electrons. The molecule has 1 atom stereocenters. The van der Waals surface area contributed by atoms with Gasteiger partial charge in [0, 0.05) is 26.2 Å². The first kappa shape index (κ1) is 19.9. The molecule has 0 bridgehead atoms. The molecule has 1 heterocycles. The van der Waals surface area contributed by atoms with E-state index in [0.717, 1.165) is 5.56 Å². The summed E-state index contributed by atoms with van der Waals surface area (Å²) in [7, 11) is 4.99. The maximum atomic E-state index is 12.8. The summed E-state index contributed by atoms with van der Waals surface area (Å²) in [5.41, 5.74) is 0.888. The molecule has 1 aromatic carbocycles. The molecule has 1 aliphatic heterocycles. The summed E-state index contributed by atoms with van der Waals surface area (Å²) in [6.07, 6.45) is 0.707. The van der Waals surface area contributed by atoms with Crippen molar-refractivity contribution < 1.29 is 19.1 Å². The molecule has 2 rings (SSSR count). The minimum Gasteiger partial charge on any atom is -0.493 e. The number of para-hydroxylation sites is 1. The first-order valence-corrected chi connectivity index (χ1v) is 8.90. The average molecular weight is 363 g/mol. The Labute approximate surface area is 155 Å². The molecule has 0 saturated carbocycles. The number of likely N-dealkylation sites (N-methyl/N-ethyl adjacent to an activating group) is 1. The minimum absolute atomic E-state index is 0.000630. The van der Waals surface area contributed by atoms with Crippen molar-refractivity contribution in [2.45, 2.75) is 32.9 Å². The van der Waals surface area contributed by atoms with Gasteiger partial charge < -0.3 is 24.6 Å². The number of fused-ring (bicyclic) bond motifs is 1. The number of nitrogens with zero attached hydrogens (tertiary/aromatic N) is 2. The van der Waals surface area contributed by atoms with Gasteiger partial charge in [-0.2, -0.15) is 0 Å². The van der Waals surface area contributed by atoms with E-state index in [9.17, 15) is 9.59 Å². The standard InChI is InChI=1S/C19H29N3O4/c1-13(2)16(18(23)21(3)4)20-19(24)22-10-7-11-26-17-14(12-22)8-6-9-15(17)25-5/h6,8-9,13,16H,7,10-12H2,1-5H3,(H,20,24). The van der Waals surface area contributed by atoms with Crippen LogP contribution in [-0.4, -0.2) is 62.1 Å². The van der Waals surface area contributed by atoms with E-state index < -0.39 is 6.04 Å². The van der Waals surface area contributed by atoms with E-state index in [1.807, 2.05) is 32.0 Å². The fraction of sp³-hybridized carbons (Fsp3) is 0.579. The molecule has 26 heavy (non-hydrogen) atoms. The fourth-order valence-electron chi connectivity index (χ4n) is 2.91. The van der Waals surface area contributed by atoms with Crippen molar-refractivity contribution in [3.05, 3.63) is 23.8 Å². The van der Waals surface area contributed by atoms with E-state index in [0.29, 0.717) is 37.6 Å². The fourth-order valence-corrected chi connectivity index (χ4v) is 2.91. The Morgan fingerprint density at radius 3 is 2.65 bits per heavy atom. The smallest absolute Gasteiger partial charge is 0.318 e. The minimum atomic E-state index is -0.552. The van der Waals surface area contributed by atoms with Crippen LogP contribution in [0, 0.1) is 5.92 Å². The Morgan fingerprint density at radius 1 is 1.31 bits per heavy atom. The molecule has 1 unspecified atom stereocenters. The van der Waals surface area contributed by atoms with E-state index in [1.165, 1.54) is 4.90 Å². The zero-order chi connectivity index (χ0) is 19.3. The Hall–Kier alpha value is -2.44. The van der Waals surface area contributed by atoms with Crippen LogP contribution in [0.15, 0.2) is 18.2 Å². The van der Waals surface area contributed by atoms with Crippen molar-refractivity contribution in [2.24, 2.45) is 5.92 Å². The molecule has 3 amide bonds. The van der Waals surface area contributed by atoms with Gasteiger partial charge in [0.25, 0.3) is 0 Å². The van der Waals surface area contributed by atoms with Crippen molar-refractivity contribution in [2.75, 3.05) is 34.4 Å². The van der Waals surface area contributed by atoms with Gasteiger partial charge in [0.05, 0.1) is 20.3 Å². The normalized spacial score (nSPS) is 15.2. The molecule has 7 heteroatoms. The molecule has 144 valence electrons. The van der Waals surface area contributed by atoms with E-state index in [4.69, 9.17) is 9.47 Å². The topological polar surface area (TPSA) is 71.1 Å². The molecule has 0 fully saturated rings. The molecule has 7 nitrogen and oxygen atoms in total. The van der Waals surface area contributed by atoms with E-state index >= 15 is 0 Å². The van der Waals surface area contributed by atoms with Crippen molar-refractivity contribution in [1.29, 1.82) is 0 Å². The zero-order valence-electron chi connectivity index (χ0n) is 16.2. The monoisotopic (exact) mass is 363 g/mol. The molecule has 1 aromatic rings. The summed E-state index contributed by atoms with van der Waals surface area (Å²) in [6.45, 7) is 5.31. The van der Waals surface area contributed by atoms with Crippen LogP contribution in [0.1, 0.15) is 25.8 Å². The Kier molecular flexibility index (Phi) is 6.71. The lowest BCUT2D eigenvalue weighted by Gasteiger charge is -2.31. The molecule has 1 aliphatic rings. The summed E-state index contributed by atoms with van der Waals surface area (Å²) >= 11 is 0. The number of amides is 3. The number of ether oxygens (including phenoxy) is 2. The number of nitrogens with one attached hydrogen (secondary N) is 1. The van der Waals surface area contributed by atoms with Crippen LogP contribution < -0.4 is 14.8 Å².